The van der Waals surface area contributed by atoms with Gasteiger partial charge in [-0.2, -0.15) is 0 Å². The summed E-state index contributed by atoms with van der Waals surface area (Å²) >= 11 is 0. The van der Waals surface area contributed by atoms with Gasteiger partial charge in [-0.1, -0.05) is 19.8 Å². The number of allylic oxidation sites excluding steroid dienone is 1. The topological polar surface area (TPSA) is 59.0 Å². The minimum atomic E-state index is -1.49. The molecule has 0 N–H and O–H groups in total. The van der Waals surface area contributed by atoms with Crippen molar-refractivity contribution in [3.8, 4) is 0 Å². The van der Waals surface area contributed by atoms with E-state index < -0.39 is 15.9 Å². The van der Waals surface area contributed by atoms with Crippen LogP contribution in [-0.4, -0.2) is 44.4 Å². The molecule has 0 bridgehead atoms. The Kier molecular flexibility index (Phi) is 5.00. The van der Waals surface area contributed by atoms with Gasteiger partial charge in [0.15, 0.2) is 0 Å². The van der Waals surface area contributed by atoms with E-state index in [1.165, 1.54) is 12.8 Å². The summed E-state index contributed by atoms with van der Waals surface area (Å²) in [6.45, 7) is 4.51. The van der Waals surface area contributed by atoms with Crippen molar-refractivity contribution in [3.63, 3.8) is 0 Å². The number of fused-ring (bicyclic) bond motifs is 1. The highest BCUT2D eigenvalue weighted by molar-refractivity contribution is 7.86. The Labute approximate surface area is 120 Å². The number of ether oxygens (including phenoxy) is 1. The highest BCUT2D eigenvalue weighted by Crippen LogP contribution is 2.15. The molecule has 0 amide bonds. The van der Waals surface area contributed by atoms with E-state index in [0.717, 1.165) is 18.4 Å². The fraction of sp³-hybridized carbons (Fsp3) is 0.571. The van der Waals surface area contributed by atoms with Gasteiger partial charge >= 0.3 is 5.97 Å². The first-order chi connectivity index (χ1) is 9.67. The Balaban J connectivity index is 2.10. The van der Waals surface area contributed by atoms with Gasteiger partial charge in [-0.05, 0) is 25.3 Å². The number of carbonyl (C=O) groups is 1. The number of carbonyl (C=O) groups excluding carboxylic acids is 1. The second kappa shape index (κ2) is 6.74. The van der Waals surface area contributed by atoms with E-state index in [0.29, 0.717) is 11.7 Å². The molecule has 2 aliphatic rings. The first kappa shape index (κ1) is 14.8. The quantitative estimate of drug-likeness (QED) is 0.422. The van der Waals surface area contributed by atoms with Crippen molar-refractivity contribution < 1.29 is 13.7 Å². The second-order valence-corrected chi connectivity index (χ2v) is 6.14. The lowest BCUT2D eigenvalue weighted by Crippen LogP contribution is -2.30. The second-order valence-electron chi connectivity index (χ2n) is 4.74. The molecule has 2 heterocycles. The van der Waals surface area contributed by atoms with E-state index >= 15 is 0 Å². The van der Waals surface area contributed by atoms with Crippen LogP contribution in [0.25, 0.3) is 0 Å². The SMILES string of the molecule is CCCCCC1=CN2CC(C(=O)OCC)=S(=O)=C2N=C1. The zero-order valence-corrected chi connectivity index (χ0v) is 12.7. The molecule has 0 atom stereocenters. The van der Waals surface area contributed by atoms with Crippen molar-refractivity contribution in [3.05, 3.63) is 11.8 Å². The van der Waals surface area contributed by atoms with Gasteiger partial charge in [-0.15, -0.1) is 0 Å². The average molecular weight is 296 g/mol. The molecule has 0 spiro atoms. The summed E-state index contributed by atoms with van der Waals surface area (Å²) in [7, 11) is -1.49. The molecule has 0 saturated heterocycles. The Hall–Kier alpha value is -1.56. The fourth-order valence-corrected chi connectivity index (χ4v) is 3.32. The van der Waals surface area contributed by atoms with Crippen molar-refractivity contribution in [2.24, 2.45) is 4.99 Å². The molecule has 6 heteroatoms. The first-order valence-electron chi connectivity index (χ1n) is 7.00. The van der Waals surface area contributed by atoms with Crippen LogP contribution >= 0.6 is 0 Å². The molecule has 0 unspecified atom stereocenters. The summed E-state index contributed by atoms with van der Waals surface area (Å²) in [4.78, 5) is 18.1. The minimum absolute atomic E-state index is 0.282. The molecular weight excluding hydrogens is 276 g/mol. The molecule has 2 rings (SSSR count). The van der Waals surface area contributed by atoms with Crippen LogP contribution in [0, 0.1) is 0 Å². The van der Waals surface area contributed by atoms with Crippen LogP contribution in [0.2, 0.25) is 0 Å². The third kappa shape index (κ3) is 3.12. The van der Waals surface area contributed by atoms with Gasteiger partial charge in [0, 0.05) is 12.4 Å². The van der Waals surface area contributed by atoms with Gasteiger partial charge in [0.2, 0.25) is 5.11 Å². The van der Waals surface area contributed by atoms with E-state index in [1.54, 1.807) is 18.0 Å². The molecule has 5 nitrogen and oxygen atoms in total. The van der Waals surface area contributed by atoms with Gasteiger partial charge in [-0.3, -0.25) is 0 Å². The molecule has 0 aromatic carbocycles. The summed E-state index contributed by atoms with van der Waals surface area (Å²) in [5.41, 5.74) is 1.12. The lowest BCUT2D eigenvalue weighted by atomic mass is 10.1. The maximum absolute atomic E-state index is 12.2. The van der Waals surface area contributed by atoms with Crippen LogP contribution in [0.4, 0.5) is 0 Å². The molecule has 2 aliphatic heterocycles. The van der Waals surface area contributed by atoms with Crippen LogP contribution in [-0.2, 0) is 19.5 Å². The average Bonchev–Trinajstić information content (AvgIpc) is 2.76. The fourth-order valence-electron chi connectivity index (χ4n) is 2.15. The van der Waals surface area contributed by atoms with Crippen LogP contribution < -0.4 is 0 Å². The number of hydrogen-bond acceptors (Lipinski definition) is 5. The van der Waals surface area contributed by atoms with Crippen LogP contribution in [0.5, 0.6) is 0 Å². The summed E-state index contributed by atoms with van der Waals surface area (Å²) in [6, 6.07) is 0. The van der Waals surface area contributed by atoms with Crippen LogP contribution in [0.15, 0.2) is 16.8 Å². The van der Waals surface area contributed by atoms with Crippen LogP contribution in [0.1, 0.15) is 39.5 Å². The van der Waals surface area contributed by atoms with Gasteiger partial charge in [0.25, 0.3) is 0 Å². The van der Waals surface area contributed by atoms with Crippen molar-refractivity contribution in [2.75, 3.05) is 13.2 Å². The Morgan fingerprint density at radius 1 is 1.45 bits per heavy atom. The molecule has 0 aliphatic carbocycles. The molecule has 0 aromatic rings. The Bertz CT molecular complexity index is 602. The normalized spacial score (nSPS) is 17.4. The Morgan fingerprint density at radius 3 is 2.95 bits per heavy atom. The van der Waals surface area contributed by atoms with Gasteiger partial charge in [0.1, 0.15) is 4.86 Å². The largest absolute Gasteiger partial charge is 0.462 e. The zero-order chi connectivity index (χ0) is 14.5. The van der Waals surface area contributed by atoms with Gasteiger partial charge < -0.3 is 9.64 Å². The van der Waals surface area contributed by atoms with E-state index in [-0.39, 0.29) is 11.5 Å². The zero-order valence-electron chi connectivity index (χ0n) is 11.9. The smallest absolute Gasteiger partial charge is 0.348 e. The monoisotopic (exact) mass is 296 g/mol. The van der Waals surface area contributed by atoms with Crippen molar-refractivity contribution in [1.82, 2.24) is 4.90 Å². The number of nitrogens with zero attached hydrogens (tertiary/aromatic N) is 2. The Morgan fingerprint density at radius 2 is 2.25 bits per heavy atom. The highest BCUT2D eigenvalue weighted by Gasteiger charge is 2.27. The van der Waals surface area contributed by atoms with E-state index in [2.05, 4.69) is 11.9 Å². The molecule has 0 fully saturated rings. The van der Waals surface area contributed by atoms with Crippen molar-refractivity contribution in [2.45, 2.75) is 39.5 Å². The first-order valence-corrected chi connectivity index (χ1v) is 8.15. The number of aliphatic imine (C=N–C) groups is 1. The summed E-state index contributed by atoms with van der Waals surface area (Å²) in [5.74, 6) is -0.483. The molecule has 110 valence electrons. The van der Waals surface area contributed by atoms with E-state index in [9.17, 15) is 9.00 Å². The molecule has 0 aromatic heterocycles. The van der Waals surface area contributed by atoms with Gasteiger partial charge in [0.05, 0.1) is 23.1 Å². The number of rotatable bonds is 6. The number of esters is 1. The van der Waals surface area contributed by atoms with E-state index in [1.807, 2.05) is 6.20 Å². The molecular formula is C14H20N2O3S. The summed E-state index contributed by atoms with van der Waals surface area (Å²) in [6.07, 6.45) is 8.15. The number of unbranched alkanes of at least 4 members (excludes halogenated alkanes) is 2. The molecule has 0 saturated carbocycles. The lowest BCUT2D eigenvalue weighted by Gasteiger charge is -2.19. The number of hydrogen-bond donors (Lipinski definition) is 0. The third-order valence-corrected chi connectivity index (χ3v) is 4.60. The maximum atomic E-state index is 12.2. The predicted molar refractivity (Wildman–Crippen MR) is 82.2 cm³/mol. The standard InChI is InChI=1S/C14H20N2O3S/c1-3-5-6-7-11-8-15-14-16(9-11)10-12(20(14)18)13(17)19-4-2/h8-9H,3-7,10H2,1-2H3. The summed E-state index contributed by atoms with van der Waals surface area (Å²) < 4.78 is 17.1. The molecule has 0 radical (unpaired) electrons. The molecule has 20 heavy (non-hydrogen) atoms. The highest BCUT2D eigenvalue weighted by atomic mass is 32.1. The predicted octanol–water partition coefficient (Wildman–Crippen LogP) is 1.42. The lowest BCUT2D eigenvalue weighted by molar-refractivity contribution is -0.134. The van der Waals surface area contributed by atoms with Crippen molar-refractivity contribution >= 4 is 32.1 Å². The van der Waals surface area contributed by atoms with Gasteiger partial charge in [-0.25, -0.2) is 14.0 Å². The minimum Gasteiger partial charge on any atom is -0.462 e. The van der Waals surface area contributed by atoms with Crippen LogP contribution in [0.3, 0.4) is 0 Å². The maximum Gasteiger partial charge on any atom is 0.348 e. The van der Waals surface area contributed by atoms with E-state index in [4.69, 9.17) is 4.74 Å². The third-order valence-electron chi connectivity index (χ3n) is 3.18. The summed E-state index contributed by atoms with van der Waals surface area (Å²) in [5, 5.41) is 0.437. The van der Waals surface area contributed by atoms with Crippen molar-refractivity contribution in [1.29, 1.82) is 0 Å².